The number of alkyl halides is 1. The zero-order chi connectivity index (χ0) is 47.9. The number of nitrogens with zero attached hydrogens (tertiary/aromatic N) is 6. The van der Waals surface area contributed by atoms with Gasteiger partial charge in [0.15, 0.2) is 30.4 Å². The molecule has 350 valence electrons. The third kappa shape index (κ3) is 13.6. The van der Waals surface area contributed by atoms with Gasteiger partial charge in [0.25, 0.3) is 0 Å². The van der Waals surface area contributed by atoms with E-state index >= 15 is 4.39 Å². The number of aryl methyl sites for hydroxylation is 2. The van der Waals surface area contributed by atoms with Crippen LogP contribution in [-0.2, 0) is 41.4 Å². The molecule has 4 aromatic rings. The first kappa shape index (κ1) is 48.7. The highest BCUT2D eigenvalue weighted by Gasteiger charge is 2.53. The number of halogens is 1. The Morgan fingerprint density at radius 1 is 0.731 bits per heavy atom. The van der Waals surface area contributed by atoms with Crippen molar-refractivity contribution in [3.05, 3.63) is 119 Å². The quantitative estimate of drug-likeness (QED) is 0.0344. The molecule has 2 fully saturated rings. The van der Waals surface area contributed by atoms with Gasteiger partial charge >= 0.3 is 36.0 Å². The van der Waals surface area contributed by atoms with Crippen LogP contribution in [0.25, 0.3) is 0 Å². The minimum absolute atomic E-state index is 0.0752. The van der Waals surface area contributed by atoms with Crippen LogP contribution in [-0.4, -0.2) is 101 Å². The maximum Gasteiger partial charge on any atom is 0.435 e. The van der Waals surface area contributed by atoms with Crippen molar-refractivity contribution < 1.29 is 62.3 Å². The zero-order valence-corrected chi connectivity index (χ0v) is 36.5. The summed E-state index contributed by atoms with van der Waals surface area (Å²) in [5.41, 5.74) is 3.12. The van der Waals surface area contributed by atoms with Crippen LogP contribution < -0.4 is 5.32 Å². The molecule has 0 bridgehead atoms. The molecule has 5 atom stereocenters. The number of hydrogen-bond acceptors (Lipinski definition) is 14. The van der Waals surface area contributed by atoms with E-state index in [0.29, 0.717) is 40.3 Å². The van der Waals surface area contributed by atoms with Gasteiger partial charge in [-0.05, 0) is 98.0 Å². The largest absolute Gasteiger partial charge is 0.478 e. The average Bonchev–Trinajstić information content (AvgIpc) is 3.61. The first-order chi connectivity index (χ1) is 32.3. The minimum atomic E-state index is -2.00. The van der Waals surface area contributed by atoms with Crippen LogP contribution in [0.2, 0.25) is 0 Å². The molecule has 2 heterocycles. The predicted octanol–water partition coefficient (Wildman–Crippen LogP) is 9.14. The lowest BCUT2D eigenvalue weighted by molar-refractivity contribution is -0.169. The Morgan fingerprint density at radius 3 is 1.75 bits per heavy atom. The van der Waals surface area contributed by atoms with Gasteiger partial charge in [-0.2, -0.15) is 25.4 Å². The number of carboxylic acid groups (broad SMARTS) is 2. The van der Waals surface area contributed by atoms with E-state index in [2.05, 4.69) is 30.8 Å². The van der Waals surface area contributed by atoms with E-state index in [4.69, 9.17) is 18.9 Å². The smallest absolute Gasteiger partial charge is 0.435 e. The minimum Gasteiger partial charge on any atom is -0.478 e. The summed E-state index contributed by atoms with van der Waals surface area (Å²) in [6, 6.07) is 24.5. The molecule has 0 saturated carbocycles. The molecule has 67 heavy (non-hydrogen) atoms. The van der Waals surface area contributed by atoms with E-state index in [0.717, 1.165) is 17.7 Å². The van der Waals surface area contributed by atoms with Gasteiger partial charge < -0.3 is 29.2 Å². The average molecular weight is 922 g/mol. The number of unbranched alkanes of at least 4 members (excludes halogenated alkanes) is 2. The number of urea groups is 1. The Balaban J connectivity index is 1.16. The van der Waals surface area contributed by atoms with Crippen LogP contribution in [0.15, 0.2) is 123 Å². The van der Waals surface area contributed by atoms with E-state index in [9.17, 15) is 39.0 Å². The number of nitrogens with one attached hydrogen (secondary N) is 1. The molecule has 5 unspecified atom stereocenters. The fourth-order valence-corrected chi connectivity index (χ4v) is 7.00. The standard InChI is InChI=1S/C47H48FN7O12/c1-3-4-9-26-64-47(63)50-42-35(48)27-55(46(62)49-42)43-41(67-39(57)25-19-30-11-6-8-13-37(30)54-52-34-22-16-32(17-23-34)45(60)61)40(28(2)65-43)66-38(56)24-18-29-10-5-7-12-36(29)53-51-33-20-14-31(15-21-33)44(58)59/h5-8,10-17,20-23,28,35,40-41,43H,3-4,9,18-19,24-27H2,1-2H3,(H,58,59)(H,60,61)(H,49,50,62,63). The van der Waals surface area contributed by atoms with Crippen LogP contribution in [0, 0.1) is 0 Å². The lowest BCUT2D eigenvalue weighted by Crippen LogP contribution is -2.61. The number of carbonyl (C=O) groups is 6. The summed E-state index contributed by atoms with van der Waals surface area (Å²) in [6.45, 7) is 2.94. The number of amidine groups is 1. The number of carboxylic acids is 2. The van der Waals surface area contributed by atoms with Crippen molar-refractivity contribution in [2.24, 2.45) is 25.4 Å². The number of hydrogen-bond donors (Lipinski definition) is 3. The SMILES string of the molecule is CCCCCOC(=O)N=C1NC(=O)N(C2OC(C)C(OC(=O)CCc3ccccc3N=Nc3ccc(C(=O)O)cc3)C2OC(=O)CCc2ccccc2N=Nc2ccc(C(=O)O)cc2)CC1F. The van der Waals surface area contributed by atoms with Crippen molar-refractivity contribution in [3.8, 4) is 0 Å². The fraction of sp³-hybridized carbons (Fsp3) is 0.340. The summed E-state index contributed by atoms with van der Waals surface area (Å²) in [4.78, 5) is 80.1. The molecule has 6 rings (SSSR count). The van der Waals surface area contributed by atoms with Crippen molar-refractivity contribution in [1.82, 2.24) is 10.2 Å². The Bertz CT molecular complexity index is 2520. The lowest BCUT2D eigenvalue weighted by Gasteiger charge is -2.36. The Kier molecular flexibility index (Phi) is 17.0. The van der Waals surface area contributed by atoms with Crippen LogP contribution in [0.5, 0.6) is 0 Å². The third-order valence-corrected chi connectivity index (χ3v) is 10.6. The monoisotopic (exact) mass is 921 g/mol. The molecule has 0 spiro atoms. The van der Waals surface area contributed by atoms with Crippen molar-refractivity contribution in [2.45, 2.75) is 89.5 Å². The molecule has 2 aliphatic rings. The molecular formula is C47H48FN7O12. The van der Waals surface area contributed by atoms with Gasteiger partial charge in [0.1, 0.15) is 0 Å². The molecule has 2 saturated heterocycles. The number of rotatable bonds is 19. The van der Waals surface area contributed by atoms with Gasteiger partial charge in [0.2, 0.25) is 0 Å². The van der Waals surface area contributed by atoms with E-state index in [-0.39, 0.29) is 43.4 Å². The number of carbonyl (C=O) groups excluding carboxylic acids is 4. The predicted molar refractivity (Wildman–Crippen MR) is 237 cm³/mol. The van der Waals surface area contributed by atoms with Crippen molar-refractivity contribution in [1.29, 1.82) is 0 Å². The molecule has 0 aliphatic carbocycles. The molecule has 3 amide bonds. The third-order valence-electron chi connectivity index (χ3n) is 10.6. The van der Waals surface area contributed by atoms with Crippen LogP contribution in [0.4, 0.5) is 36.7 Å². The summed E-state index contributed by atoms with van der Waals surface area (Å²) in [5, 5.41) is 37.6. The fourth-order valence-electron chi connectivity index (χ4n) is 7.00. The van der Waals surface area contributed by atoms with E-state index in [1.165, 1.54) is 48.5 Å². The topological polar surface area (TPSA) is 257 Å². The molecule has 0 aromatic heterocycles. The summed E-state index contributed by atoms with van der Waals surface area (Å²) in [5.74, 6) is -4.21. The maximum atomic E-state index is 15.7. The van der Waals surface area contributed by atoms with Gasteiger partial charge in [0, 0.05) is 12.8 Å². The molecule has 2 aliphatic heterocycles. The molecule has 20 heteroatoms. The molecule has 3 N–H and O–H groups in total. The van der Waals surface area contributed by atoms with Gasteiger partial charge in [-0.1, -0.05) is 56.2 Å². The van der Waals surface area contributed by atoms with Crippen molar-refractivity contribution in [3.63, 3.8) is 0 Å². The highest BCUT2D eigenvalue weighted by Crippen LogP contribution is 2.32. The van der Waals surface area contributed by atoms with Gasteiger partial charge in [-0.15, -0.1) is 0 Å². The Morgan fingerprint density at radius 2 is 1.24 bits per heavy atom. The first-order valence-electron chi connectivity index (χ1n) is 21.5. The lowest BCUT2D eigenvalue weighted by atomic mass is 10.1. The van der Waals surface area contributed by atoms with E-state index in [1.54, 1.807) is 55.5 Å². The summed E-state index contributed by atoms with van der Waals surface area (Å²) in [7, 11) is 0. The highest BCUT2D eigenvalue weighted by atomic mass is 19.1. The Hall–Kier alpha value is -7.74. The summed E-state index contributed by atoms with van der Waals surface area (Å²) in [6.07, 6.45) is -6.03. The Labute approximate surface area is 383 Å². The number of esters is 2. The van der Waals surface area contributed by atoms with Gasteiger partial charge in [-0.3, -0.25) is 19.8 Å². The second-order valence-electron chi connectivity index (χ2n) is 15.4. The van der Waals surface area contributed by atoms with Crippen molar-refractivity contribution in [2.75, 3.05) is 13.2 Å². The molecule has 19 nitrogen and oxygen atoms in total. The molecular weight excluding hydrogens is 874 g/mol. The summed E-state index contributed by atoms with van der Waals surface area (Å²) < 4.78 is 38.6. The highest BCUT2D eigenvalue weighted by molar-refractivity contribution is 6.05. The van der Waals surface area contributed by atoms with Crippen LogP contribution in [0.3, 0.4) is 0 Å². The van der Waals surface area contributed by atoms with Gasteiger partial charge in [-0.25, -0.2) is 23.6 Å². The number of aromatic carboxylic acids is 2. The van der Waals surface area contributed by atoms with E-state index in [1.807, 2.05) is 6.92 Å². The molecule has 0 radical (unpaired) electrons. The maximum absolute atomic E-state index is 15.7. The second kappa shape index (κ2) is 23.4. The normalized spacial score (nSPS) is 19.9. The number of azo groups is 2. The first-order valence-corrected chi connectivity index (χ1v) is 21.5. The second-order valence-corrected chi connectivity index (χ2v) is 15.4. The van der Waals surface area contributed by atoms with Gasteiger partial charge in [0.05, 0.1) is 53.1 Å². The zero-order valence-electron chi connectivity index (χ0n) is 36.5. The van der Waals surface area contributed by atoms with Crippen molar-refractivity contribution >= 4 is 64.6 Å². The number of amides is 3. The summed E-state index contributed by atoms with van der Waals surface area (Å²) >= 11 is 0. The van der Waals surface area contributed by atoms with E-state index < -0.39 is 79.1 Å². The number of aliphatic imine (C=N–C) groups is 1. The number of benzene rings is 4. The molecule has 4 aromatic carbocycles. The van der Waals surface area contributed by atoms with Crippen LogP contribution in [0.1, 0.15) is 77.8 Å². The number of ether oxygens (including phenoxy) is 4. The van der Waals surface area contributed by atoms with Crippen LogP contribution >= 0.6 is 0 Å².